The minimum atomic E-state index is -0.300. The van der Waals surface area contributed by atoms with E-state index in [9.17, 15) is 4.79 Å². The van der Waals surface area contributed by atoms with Crippen LogP contribution >= 0.6 is 0 Å². The second-order valence-electron chi connectivity index (χ2n) is 6.23. The van der Waals surface area contributed by atoms with E-state index < -0.39 is 0 Å². The van der Waals surface area contributed by atoms with Crippen LogP contribution in [0.2, 0.25) is 0 Å². The van der Waals surface area contributed by atoms with Crippen molar-refractivity contribution < 1.29 is 4.79 Å². The van der Waals surface area contributed by atoms with Gasteiger partial charge in [-0.05, 0) is 27.2 Å². The van der Waals surface area contributed by atoms with E-state index in [0.717, 1.165) is 45.4 Å². The number of rotatable bonds is 4. The van der Waals surface area contributed by atoms with E-state index in [2.05, 4.69) is 32.6 Å². The number of nitrogens with zero attached hydrogens (tertiary/aromatic N) is 2. The van der Waals surface area contributed by atoms with Crippen LogP contribution in [0.1, 0.15) is 47.0 Å². The van der Waals surface area contributed by atoms with E-state index in [-0.39, 0.29) is 17.5 Å². The fourth-order valence-electron chi connectivity index (χ4n) is 2.38. The number of hydrogen-bond acceptors (Lipinski definition) is 3. The predicted octanol–water partition coefficient (Wildman–Crippen LogP) is 1.45. The van der Waals surface area contributed by atoms with Crippen molar-refractivity contribution in [2.75, 3.05) is 26.2 Å². The van der Waals surface area contributed by atoms with Gasteiger partial charge in [-0.25, -0.2) is 0 Å². The zero-order valence-electron chi connectivity index (χ0n) is 12.4. The maximum Gasteiger partial charge on any atom is 0.239 e. The molecule has 1 aliphatic rings. The molecular weight excluding hydrogens is 226 g/mol. The van der Waals surface area contributed by atoms with Gasteiger partial charge in [0.25, 0.3) is 0 Å². The Balaban J connectivity index is 2.40. The molecule has 0 aromatic rings. The Hall–Kier alpha value is -0.610. The van der Waals surface area contributed by atoms with Crippen LogP contribution in [-0.4, -0.2) is 53.5 Å². The molecule has 1 atom stereocenters. The molecule has 0 aromatic carbocycles. The summed E-state index contributed by atoms with van der Waals surface area (Å²) in [5.41, 5.74) is 6.14. The number of hydrogen-bond donors (Lipinski definition) is 1. The van der Waals surface area contributed by atoms with Gasteiger partial charge in [-0.2, -0.15) is 0 Å². The molecule has 0 aromatic heterocycles. The minimum absolute atomic E-state index is 0.136. The molecule has 0 aliphatic carbocycles. The van der Waals surface area contributed by atoms with Gasteiger partial charge in [0, 0.05) is 31.7 Å². The molecular formula is C14H29N3O. The van der Waals surface area contributed by atoms with Crippen LogP contribution in [0.15, 0.2) is 0 Å². The fraction of sp³-hybridized carbons (Fsp3) is 0.929. The minimum Gasteiger partial charge on any atom is -0.339 e. The third-order valence-corrected chi connectivity index (χ3v) is 3.73. The van der Waals surface area contributed by atoms with E-state index in [1.807, 2.05) is 4.90 Å². The van der Waals surface area contributed by atoms with Crippen molar-refractivity contribution in [3.8, 4) is 0 Å². The summed E-state index contributed by atoms with van der Waals surface area (Å²) in [4.78, 5) is 16.5. The summed E-state index contributed by atoms with van der Waals surface area (Å²) in [5.74, 6) is 0.136. The second-order valence-corrected chi connectivity index (χ2v) is 6.23. The molecule has 0 bridgehead atoms. The fourth-order valence-corrected chi connectivity index (χ4v) is 2.38. The molecule has 0 saturated carbocycles. The topological polar surface area (TPSA) is 49.6 Å². The lowest BCUT2D eigenvalue weighted by molar-refractivity contribution is -0.135. The molecule has 4 nitrogen and oxygen atoms in total. The molecule has 1 unspecified atom stereocenters. The van der Waals surface area contributed by atoms with Crippen LogP contribution in [0, 0.1) is 0 Å². The predicted molar refractivity (Wildman–Crippen MR) is 75.4 cm³/mol. The van der Waals surface area contributed by atoms with Gasteiger partial charge in [0.15, 0.2) is 0 Å². The Bertz CT molecular complexity index is 265. The van der Waals surface area contributed by atoms with Crippen molar-refractivity contribution in [1.29, 1.82) is 0 Å². The van der Waals surface area contributed by atoms with Gasteiger partial charge in [0.2, 0.25) is 5.91 Å². The number of nitrogens with two attached hydrogens (primary N) is 1. The third-order valence-electron chi connectivity index (χ3n) is 3.73. The Morgan fingerprint density at radius 3 is 2.22 bits per heavy atom. The molecule has 0 spiro atoms. The van der Waals surface area contributed by atoms with E-state index in [0.29, 0.717) is 0 Å². The molecule has 1 fully saturated rings. The Morgan fingerprint density at radius 2 is 1.78 bits per heavy atom. The van der Waals surface area contributed by atoms with E-state index in [1.54, 1.807) is 0 Å². The highest BCUT2D eigenvalue weighted by Crippen LogP contribution is 2.16. The number of carbonyl (C=O) groups is 1. The molecule has 1 heterocycles. The molecule has 2 N–H and O–H groups in total. The van der Waals surface area contributed by atoms with Crippen molar-refractivity contribution >= 4 is 5.91 Å². The van der Waals surface area contributed by atoms with E-state index in [1.165, 1.54) is 0 Å². The zero-order chi connectivity index (χ0) is 13.8. The van der Waals surface area contributed by atoms with Gasteiger partial charge in [-0.15, -0.1) is 0 Å². The number of piperazine rings is 1. The molecule has 0 radical (unpaired) electrons. The summed E-state index contributed by atoms with van der Waals surface area (Å²) >= 11 is 0. The van der Waals surface area contributed by atoms with Crippen LogP contribution in [-0.2, 0) is 4.79 Å². The van der Waals surface area contributed by atoms with Crippen LogP contribution < -0.4 is 5.73 Å². The normalized spacial score (nSPS) is 19.9. The smallest absolute Gasteiger partial charge is 0.239 e. The quantitative estimate of drug-likeness (QED) is 0.827. The summed E-state index contributed by atoms with van der Waals surface area (Å²) in [5, 5.41) is 0. The Kier molecular flexibility index (Phi) is 5.60. The van der Waals surface area contributed by atoms with Crippen molar-refractivity contribution in [2.45, 2.75) is 58.5 Å². The summed E-state index contributed by atoms with van der Waals surface area (Å²) < 4.78 is 0. The van der Waals surface area contributed by atoms with Crippen molar-refractivity contribution in [3.05, 3.63) is 0 Å². The summed E-state index contributed by atoms with van der Waals surface area (Å²) in [6.45, 7) is 12.3. The highest BCUT2D eigenvalue weighted by molar-refractivity contribution is 5.81. The van der Waals surface area contributed by atoms with E-state index >= 15 is 0 Å². The standard InChI is InChI=1S/C14H29N3O/c1-5-6-7-12(15)13(18)16-8-10-17(11-9-16)14(2,3)4/h12H,5-11,15H2,1-4H3. The van der Waals surface area contributed by atoms with Crippen molar-refractivity contribution in [1.82, 2.24) is 9.80 Å². The average Bonchev–Trinajstić information content (AvgIpc) is 2.34. The van der Waals surface area contributed by atoms with Crippen LogP contribution in [0.5, 0.6) is 0 Å². The number of unbranched alkanes of at least 4 members (excludes halogenated alkanes) is 1. The molecule has 1 saturated heterocycles. The molecule has 18 heavy (non-hydrogen) atoms. The first kappa shape index (κ1) is 15.4. The first-order chi connectivity index (χ1) is 8.36. The average molecular weight is 255 g/mol. The summed E-state index contributed by atoms with van der Waals surface area (Å²) in [7, 11) is 0. The molecule has 1 rings (SSSR count). The Morgan fingerprint density at radius 1 is 1.22 bits per heavy atom. The Labute approximate surface area is 111 Å². The number of carbonyl (C=O) groups excluding carboxylic acids is 1. The first-order valence-corrected chi connectivity index (χ1v) is 7.15. The lowest BCUT2D eigenvalue weighted by Gasteiger charge is -2.42. The highest BCUT2D eigenvalue weighted by Gasteiger charge is 2.29. The highest BCUT2D eigenvalue weighted by atomic mass is 16.2. The number of amides is 1. The van der Waals surface area contributed by atoms with Crippen LogP contribution in [0.4, 0.5) is 0 Å². The maximum absolute atomic E-state index is 12.1. The van der Waals surface area contributed by atoms with E-state index in [4.69, 9.17) is 5.73 Å². The van der Waals surface area contributed by atoms with Crippen molar-refractivity contribution in [2.24, 2.45) is 5.73 Å². The van der Waals surface area contributed by atoms with Crippen LogP contribution in [0.25, 0.3) is 0 Å². The van der Waals surface area contributed by atoms with Gasteiger partial charge < -0.3 is 10.6 Å². The largest absolute Gasteiger partial charge is 0.339 e. The van der Waals surface area contributed by atoms with Gasteiger partial charge in [0.05, 0.1) is 6.04 Å². The van der Waals surface area contributed by atoms with Crippen molar-refractivity contribution in [3.63, 3.8) is 0 Å². The SMILES string of the molecule is CCCCC(N)C(=O)N1CCN(C(C)(C)C)CC1. The van der Waals surface area contributed by atoms with Gasteiger partial charge in [-0.3, -0.25) is 9.69 Å². The molecule has 1 amide bonds. The van der Waals surface area contributed by atoms with Crippen LogP contribution in [0.3, 0.4) is 0 Å². The summed E-state index contributed by atoms with van der Waals surface area (Å²) in [6, 6.07) is -0.300. The second kappa shape index (κ2) is 6.53. The lowest BCUT2D eigenvalue weighted by atomic mass is 10.0. The third kappa shape index (κ3) is 4.25. The van der Waals surface area contributed by atoms with Gasteiger partial charge in [-0.1, -0.05) is 19.8 Å². The monoisotopic (exact) mass is 255 g/mol. The summed E-state index contributed by atoms with van der Waals surface area (Å²) in [6.07, 6.45) is 2.95. The molecule has 1 aliphatic heterocycles. The lowest BCUT2D eigenvalue weighted by Crippen LogP contribution is -2.57. The van der Waals surface area contributed by atoms with Gasteiger partial charge in [0.1, 0.15) is 0 Å². The maximum atomic E-state index is 12.1. The zero-order valence-corrected chi connectivity index (χ0v) is 12.4. The van der Waals surface area contributed by atoms with Gasteiger partial charge >= 0.3 is 0 Å². The first-order valence-electron chi connectivity index (χ1n) is 7.15. The molecule has 4 heteroatoms. The molecule has 106 valence electrons.